The van der Waals surface area contributed by atoms with Crippen LogP contribution in [0.1, 0.15) is 25.3 Å². The molecule has 1 heterocycles. The molecule has 1 atom stereocenters. The number of benzene rings is 1. The van der Waals surface area contributed by atoms with E-state index in [0.29, 0.717) is 6.42 Å². The van der Waals surface area contributed by atoms with Crippen LogP contribution in [0.3, 0.4) is 0 Å². The summed E-state index contributed by atoms with van der Waals surface area (Å²) < 4.78 is 1.12. The van der Waals surface area contributed by atoms with Gasteiger partial charge < -0.3 is 5.32 Å². The summed E-state index contributed by atoms with van der Waals surface area (Å²) in [5.41, 5.74) is 1.18. The number of amides is 1. The fraction of sp³-hybridized carbons (Fsp3) is 0.417. The first-order valence-electron chi connectivity index (χ1n) is 5.13. The zero-order valence-electron chi connectivity index (χ0n) is 8.72. The maximum absolute atomic E-state index is 11.2. The Morgan fingerprint density at radius 1 is 1.47 bits per heavy atom. The zero-order valence-corrected chi connectivity index (χ0v) is 10.3. The summed E-state index contributed by atoms with van der Waals surface area (Å²) in [6, 6.07) is 8.17. The van der Waals surface area contributed by atoms with Crippen molar-refractivity contribution in [3.05, 3.63) is 34.3 Å². The summed E-state index contributed by atoms with van der Waals surface area (Å²) in [7, 11) is 0. The van der Waals surface area contributed by atoms with Gasteiger partial charge in [0, 0.05) is 16.4 Å². The Morgan fingerprint density at radius 3 is 2.80 bits per heavy atom. The maximum Gasteiger partial charge on any atom is 0.220 e. The molecule has 2 rings (SSSR count). The number of hydrogen-bond acceptors (Lipinski definition) is 1. The third-order valence-corrected chi connectivity index (χ3v) is 3.66. The van der Waals surface area contributed by atoms with Gasteiger partial charge in [0.15, 0.2) is 0 Å². The molecule has 3 heteroatoms. The molecule has 1 aromatic carbocycles. The molecule has 1 unspecified atom stereocenters. The summed E-state index contributed by atoms with van der Waals surface area (Å²) in [5.74, 6) is 0.171. The van der Waals surface area contributed by atoms with E-state index in [0.717, 1.165) is 17.3 Å². The Hall–Kier alpha value is -0.830. The summed E-state index contributed by atoms with van der Waals surface area (Å²) in [6.45, 7) is 2.11. The van der Waals surface area contributed by atoms with Crippen molar-refractivity contribution < 1.29 is 4.79 Å². The molecular formula is C12H14BrNO. The fourth-order valence-electron chi connectivity index (χ4n) is 2.05. The molecule has 1 aromatic rings. The summed E-state index contributed by atoms with van der Waals surface area (Å²) >= 11 is 3.53. The number of rotatable bonds is 2. The Balaban J connectivity index is 2.15. The molecule has 1 saturated heterocycles. The maximum atomic E-state index is 11.2. The molecular weight excluding hydrogens is 254 g/mol. The highest BCUT2D eigenvalue weighted by Gasteiger charge is 2.33. The van der Waals surface area contributed by atoms with Crippen molar-refractivity contribution in [2.24, 2.45) is 0 Å². The van der Waals surface area contributed by atoms with E-state index in [2.05, 4.69) is 34.2 Å². The number of carbonyl (C=O) groups is 1. The molecule has 0 aliphatic carbocycles. The second-order valence-corrected chi connectivity index (χ2v) is 5.23. The van der Waals surface area contributed by atoms with E-state index in [1.54, 1.807) is 0 Å². The minimum Gasteiger partial charge on any atom is -0.351 e. The lowest BCUT2D eigenvalue weighted by atomic mass is 9.91. The molecule has 0 saturated carbocycles. The SMILES string of the molecule is CC1(Cc2ccccc2Br)CCC(=O)N1. The second kappa shape index (κ2) is 3.97. The average Bonchev–Trinajstić information content (AvgIpc) is 2.51. The molecule has 0 radical (unpaired) electrons. The first kappa shape index (κ1) is 10.7. The van der Waals surface area contributed by atoms with Crippen molar-refractivity contribution in [1.29, 1.82) is 0 Å². The molecule has 1 aliphatic heterocycles. The lowest BCUT2D eigenvalue weighted by Crippen LogP contribution is -2.40. The molecule has 1 N–H and O–H groups in total. The highest BCUT2D eigenvalue weighted by atomic mass is 79.9. The smallest absolute Gasteiger partial charge is 0.220 e. The normalized spacial score (nSPS) is 25.3. The Labute approximate surface area is 98.2 Å². The van der Waals surface area contributed by atoms with Gasteiger partial charge in [-0.25, -0.2) is 0 Å². The molecule has 1 fully saturated rings. The van der Waals surface area contributed by atoms with Crippen molar-refractivity contribution in [1.82, 2.24) is 5.32 Å². The topological polar surface area (TPSA) is 29.1 Å². The van der Waals surface area contributed by atoms with E-state index < -0.39 is 0 Å². The predicted octanol–water partition coefficient (Wildman–Crippen LogP) is 2.66. The van der Waals surface area contributed by atoms with Crippen molar-refractivity contribution >= 4 is 21.8 Å². The third-order valence-electron chi connectivity index (χ3n) is 2.88. The Morgan fingerprint density at radius 2 is 2.20 bits per heavy atom. The van der Waals surface area contributed by atoms with Gasteiger partial charge in [0.05, 0.1) is 0 Å². The van der Waals surface area contributed by atoms with E-state index in [4.69, 9.17) is 0 Å². The summed E-state index contributed by atoms with van der Waals surface area (Å²) in [4.78, 5) is 11.2. The van der Waals surface area contributed by atoms with Crippen LogP contribution in [0.15, 0.2) is 28.7 Å². The van der Waals surface area contributed by atoms with Gasteiger partial charge in [-0.1, -0.05) is 34.1 Å². The number of carbonyl (C=O) groups excluding carboxylic acids is 1. The van der Waals surface area contributed by atoms with Gasteiger partial charge in [-0.05, 0) is 31.4 Å². The number of halogens is 1. The Kier molecular flexibility index (Phi) is 2.83. The highest BCUT2D eigenvalue weighted by molar-refractivity contribution is 9.10. The minimum atomic E-state index is -0.0685. The molecule has 2 nitrogen and oxygen atoms in total. The van der Waals surface area contributed by atoms with Crippen LogP contribution in [0.2, 0.25) is 0 Å². The van der Waals surface area contributed by atoms with E-state index in [1.807, 2.05) is 18.2 Å². The van der Waals surface area contributed by atoms with Crippen molar-refractivity contribution in [3.63, 3.8) is 0 Å². The van der Waals surface area contributed by atoms with Crippen LogP contribution in [0, 0.1) is 0 Å². The van der Waals surface area contributed by atoms with Gasteiger partial charge in [0.2, 0.25) is 5.91 Å². The van der Waals surface area contributed by atoms with Crippen LogP contribution in [0.25, 0.3) is 0 Å². The van der Waals surface area contributed by atoms with Crippen LogP contribution in [-0.2, 0) is 11.2 Å². The highest BCUT2D eigenvalue weighted by Crippen LogP contribution is 2.27. The van der Waals surface area contributed by atoms with Gasteiger partial charge in [0.1, 0.15) is 0 Å². The van der Waals surface area contributed by atoms with Crippen LogP contribution in [0.4, 0.5) is 0 Å². The van der Waals surface area contributed by atoms with Gasteiger partial charge in [0.25, 0.3) is 0 Å². The molecule has 1 aliphatic rings. The lowest BCUT2D eigenvalue weighted by molar-refractivity contribution is -0.119. The number of nitrogens with one attached hydrogen (secondary N) is 1. The summed E-state index contributed by atoms with van der Waals surface area (Å²) in [6.07, 6.45) is 2.47. The van der Waals surface area contributed by atoms with Crippen LogP contribution in [-0.4, -0.2) is 11.4 Å². The first-order valence-corrected chi connectivity index (χ1v) is 5.93. The van der Waals surface area contributed by atoms with E-state index in [1.165, 1.54) is 5.56 Å². The predicted molar refractivity (Wildman–Crippen MR) is 63.6 cm³/mol. The Bertz CT molecular complexity index is 391. The van der Waals surface area contributed by atoms with Gasteiger partial charge in [-0.15, -0.1) is 0 Å². The average molecular weight is 268 g/mol. The molecule has 0 bridgehead atoms. The third kappa shape index (κ3) is 2.40. The van der Waals surface area contributed by atoms with Gasteiger partial charge >= 0.3 is 0 Å². The van der Waals surface area contributed by atoms with E-state index >= 15 is 0 Å². The molecule has 15 heavy (non-hydrogen) atoms. The largest absolute Gasteiger partial charge is 0.351 e. The van der Waals surface area contributed by atoms with Crippen LogP contribution in [0.5, 0.6) is 0 Å². The lowest BCUT2D eigenvalue weighted by Gasteiger charge is -2.24. The van der Waals surface area contributed by atoms with Crippen molar-refractivity contribution in [2.45, 2.75) is 31.7 Å². The molecule has 0 aromatic heterocycles. The van der Waals surface area contributed by atoms with Crippen LogP contribution < -0.4 is 5.32 Å². The number of hydrogen-bond donors (Lipinski definition) is 1. The van der Waals surface area contributed by atoms with E-state index in [-0.39, 0.29) is 11.4 Å². The van der Waals surface area contributed by atoms with Crippen molar-refractivity contribution in [3.8, 4) is 0 Å². The quantitative estimate of drug-likeness (QED) is 0.877. The zero-order chi connectivity index (χ0) is 10.9. The van der Waals surface area contributed by atoms with Gasteiger partial charge in [-0.2, -0.15) is 0 Å². The molecule has 0 spiro atoms. The monoisotopic (exact) mass is 267 g/mol. The fourth-order valence-corrected chi connectivity index (χ4v) is 2.47. The second-order valence-electron chi connectivity index (χ2n) is 4.38. The molecule has 1 amide bonds. The minimum absolute atomic E-state index is 0.0685. The van der Waals surface area contributed by atoms with Gasteiger partial charge in [-0.3, -0.25) is 4.79 Å². The van der Waals surface area contributed by atoms with E-state index in [9.17, 15) is 4.79 Å². The van der Waals surface area contributed by atoms with Crippen molar-refractivity contribution in [2.75, 3.05) is 0 Å². The van der Waals surface area contributed by atoms with Crippen LogP contribution >= 0.6 is 15.9 Å². The standard InChI is InChI=1S/C12H14BrNO/c1-12(7-6-11(15)14-12)8-9-4-2-3-5-10(9)13/h2-5H,6-8H2,1H3,(H,14,15). The first-order chi connectivity index (χ1) is 7.09. The summed E-state index contributed by atoms with van der Waals surface area (Å²) in [5, 5.41) is 3.05. The molecule has 80 valence electrons.